The molecule has 1 saturated heterocycles. The van der Waals surface area contributed by atoms with Crippen molar-refractivity contribution in [3.63, 3.8) is 0 Å². The van der Waals surface area contributed by atoms with Gasteiger partial charge in [-0.15, -0.1) is 5.10 Å². The van der Waals surface area contributed by atoms with Gasteiger partial charge in [-0.3, -0.25) is 10.4 Å². The number of anilines is 1. The number of fused-ring (bicyclic) bond motifs is 1. The Morgan fingerprint density at radius 3 is 2.81 bits per heavy atom. The number of nitrogens with one attached hydrogen (secondary N) is 3. The fourth-order valence-corrected chi connectivity index (χ4v) is 3.97. The van der Waals surface area contributed by atoms with Crippen LogP contribution in [0.3, 0.4) is 0 Å². The maximum Gasteiger partial charge on any atom is 0.416 e. The van der Waals surface area contributed by atoms with Crippen molar-refractivity contribution in [2.75, 3.05) is 32.6 Å². The Hall–Kier alpha value is -3.34. The van der Waals surface area contributed by atoms with Crippen LogP contribution >= 0.6 is 0 Å². The Balaban J connectivity index is 1.51. The summed E-state index contributed by atoms with van der Waals surface area (Å²) in [6.07, 6.45) is -2.95. The van der Waals surface area contributed by atoms with Crippen LogP contribution in [0.4, 0.5) is 23.8 Å². The number of likely N-dealkylation sites (tertiary alicyclic amines) is 1. The Kier molecular flexibility index (Phi) is 5.44. The van der Waals surface area contributed by atoms with E-state index in [1.54, 1.807) is 12.1 Å². The van der Waals surface area contributed by atoms with Crippen molar-refractivity contribution < 1.29 is 22.7 Å². The highest BCUT2D eigenvalue weighted by molar-refractivity contribution is 5.92. The number of hydrogen-bond acceptors (Lipinski definition) is 5. The molecule has 2 atom stereocenters. The van der Waals surface area contributed by atoms with E-state index in [1.807, 2.05) is 11.9 Å². The molecular formula is C20H21F3N6O2. The third kappa shape index (κ3) is 4.26. The number of alkyl halides is 3. The predicted octanol–water partition coefficient (Wildman–Crippen LogP) is 3.20. The van der Waals surface area contributed by atoms with Crippen LogP contribution in [0.5, 0.6) is 5.88 Å². The fourth-order valence-electron chi connectivity index (χ4n) is 3.97. The number of H-pyrrole nitrogens is 1. The first-order valence-corrected chi connectivity index (χ1v) is 9.56. The van der Waals surface area contributed by atoms with Gasteiger partial charge in [0, 0.05) is 31.3 Å². The lowest BCUT2D eigenvalue weighted by atomic mass is 9.90. The zero-order chi connectivity index (χ0) is 22.2. The van der Waals surface area contributed by atoms with Gasteiger partial charge in [-0.1, -0.05) is 18.2 Å². The summed E-state index contributed by atoms with van der Waals surface area (Å²) in [4.78, 5) is 18.6. The number of carbonyl (C=O) groups excluding carboxylic acids is 1. The Morgan fingerprint density at radius 1 is 1.29 bits per heavy atom. The lowest BCUT2D eigenvalue weighted by Crippen LogP contribution is -2.42. The molecule has 2 aromatic heterocycles. The molecule has 3 N–H and O–H groups in total. The Bertz CT molecular complexity index is 1100. The number of likely N-dealkylation sites (N-methyl/N-ethyl adjacent to an activating group) is 1. The molecule has 11 heteroatoms. The van der Waals surface area contributed by atoms with Gasteiger partial charge in [0.2, 0.25) is 5.88 Å². The van der Waals surface area contributed by atoms with Crippen molar-refractivity contribution in [2.24, 2.45) is 0 Å². The molecule has 0 spiro atoms. The number of aromatic nitrogens is 3. The van der Waals surface area contributed by atoms with Crippen molar-refractivity contribution in [2.45, 2.75) is 18.1 Å². The number of rotatable bonds is 4. The summed E-state index contributed by atoms with van der Waals surface area (Å²) in [5.74, 6) is 0.162. The molecule has 0 saturated carbocycles. The van der Waals surface area contributed by atoms with Crippen molar-refractivity contribution >= 4 is 22.8 Å². The van der Waals surface area contributed by atoms with Crippen LogP contribution in [-0.2, 0) is 6.18 Å². The average molecular weight is 434 g/mol. The minimum Gasteiger partial charge on any atom is -0.479 e. The summed E-state index contributed by atoms with van der Waals surface area (Å²) in [5, 5.41) is 12.9. The SMILES string of the molecule is COc1n[nH]c2cc(NC(=O)NC3CN(C)CC3c3ccccc3C(F)(F)F)ncc12. The zero-order valence-electron chi connectivity index (χ0n) is 16.8. The first-order chi connectivity index (χ1) is 14.8. The molecular weight excluding hydrogens is 413 g/mol. The number of halogens is 3. The molecule has 2 unspecified atom stereocenters. The van der Waals surface area contributed by atoms with Crippen molar-refractivity contribution in [1.29, 1.82) is 0 Å². The van der Waals surface area contributed by atoms with Crippen LogP contribution in [0.15, 0.2) is 36.5 Å². The van der Waals surface area contributed by atoms with E-state index in [-0.39, 0.29) is 11.4 Å². The number of methoxy groups -OCH3 is 1. The average Bonchev–Trinajstić information content (AvgIpc) is 3.29. The highest BCUT2D eigenvalue weighted by Crippen LogP contribution is 2.38. The summed E-state index contributed by atoms with van der Waals surface area (Å²) < 4.78 is 45.6. The number of hydrogen-bond donors (Lipinski definition) is 3. The van der Waals surface area contributed by atoms with E-state index in [0.29, 0.717) is 29.9 Å². The van der Waals surface area contributed by atoms with Crippen LogP contribution < -0.4 is 15.4 Å². The third-order valence-corrected chi connectivity index (χ3v) is 5.33. The molecule has 3 aromatic rings. The van der Waals surface area contributed by atoms with Gasteiger partial charge in [0.25, 0.3) is 0 Å². The molecule has 1 fully saturated rings. The quantitative estimate of drug-likeness (QED) is 0.586. The maximum atomic E-state index is 13.5. The van der Waals surface area contributed by atoms with E-state index < -0.39 is 29.7 Å². The van der Waals surface area contributed by atoms with Gasteiger partial charge in [0.15, 0.2) is 0 Å². The molecule has 0 bridgehead atoms. The number of nitrogens with zero attached hydrogens (tertiary/aromatic N) is 3. The number of urea groups is 1. The van der Waals surface area contributed by atoms with Gasteiger partial charge in [0.05, 0.1) is 29.6 Å². The first-order valence-electron chi connectivity index (χ1n) is 9.56. The molecule has 0 aliphatic carbocycles. The Labute approximate surface area is 175 Å². The second kappa shape index (κ2) is 8.06. The van der Waals surface area contributed by atoms with E-state index in [1.165, 1.54) is 25.4 Å². The minimum atomic E-state index is -4.46. The standard InChI is InChI=1S/C20H21F3N6O2/c1-29-9-13(11-5-3-4-6-14(11)20(21,22)23)16(10-29)25-19(30)26-17-7-15-12(8-24-17)18(31-2)28-27-15/h3-8,13,16H,9-10H2,1-2H3,(H,27,28)(H2,24,25,26,30). The number of amides is 2. The summed E-state index contributed by atoms with van der Waals surface area (Å²) in [6.45, 7) is 0.824. The number of benzene rings is 1. The molecule has 2 amide bonds. The predicted molar refractivity (Wildman–Crippen MR) is 108 cm³/mol. The molecule has 0 radical (unpaired) electrons. The van der Waals surface area contributed by atoms with Gasteiger partial charge >= 0.3 is 12.2 Å². The first kappa shape index (κ1) is 20.9. The maximum absolute atomic E-state index is 13.5. The molecule has 1 aliphatic heterocycles. The summed E-state index contributed by atoms with van der Waals surface area (Å²) >= 11 is 0. The molecule has 4 rings (SSSR count). The third-order valence-electron chi connectivity index (χ3n) is 5.33. The van der Waals surface area contributed by atoms with Crippen molar-refractivity contribution in [3.8, 4) is 5.88 Å². The number of carbonyl (C=O) groups is 1. The normalized spacial score (nSPS) is 19.5. The van der Waals surface area contributed by atoms with Gasteiger partial charge < -0.3 is 15.0 Å². The fraction of sp³-hybridized carbons (Fsp3) is 0.350. The summed E-state index contributed by atoms with van der Waals surface area (Å²) in [5.41, 5.74) is 0.122. The summed E-state index contributed by atoms with van der Waals surface area (Å²) in [6, 6.07) is 6.05. The highest BCUT2D eigenvalue weighted by atomic mass is 19.4. The number of pyridine rings is 1. The molecule has 8 nitrogen and oxygen atoms in total. The van der Waals surface area contributed by atoms with Crippen molar-refractivity contribution in [1.82, 2.24) is 25.4 Å². The van der Waals surface area contributed by atoms with E-state index in [9.17, 15) is 18.0 Å². The van der Waals surface area contributed by atoms with E-state index in [2.05, 4.69) is 25.8 Å². The lowest BCUT2D eigenvalue weighted by molar-refractivity contribution is -0.138. The molecule has 3 heterocycles. The van der Waals surface area contributed by atoms with E-state index >= 15 is 0 Å². The van der Waals surface area contributed by atoms with Gasteiger partial charge in [-0.2, -0.15) is 13.2 Å². The number of aromatic amines is 1. The lowest BCUT2D eigenvalue weighted by Gasteiger charge is -2.23. The summed E-state index contributed by atoms with van der Waals surface area (Å²) in [7, 11) is 3.30. The number of ether oxygens (including phenoxy) is 1. The van der Waals surface area contributed by atoms with Crippen LogP contribution in [0.25, 0.3) is 10.9 Å². The monoisotopic (exact) mass is 434 g/mol. The van der Waals surface area contributed by atoms with Crippen LogP contribution in [0.1, 0.15) is 17.0 Å². The van der Waals surface area contributed by atoms with E-state index in [0.717, 1.165) is 6.07 Å². The van der Waals surface area contributed by atoms with Crippen molar-refractivity contribution in [3.05, 3.63) is 47.7 Å². The second-order valence-electron chi connectivity index (χ2n) is 7.47. The van der Waals surface area contributed by atoms with Crippen LogP contribution in [-0.4, -0.2) is 59.4 Å². The minimum absolute atomic E-state index is 0.175. The van der Waals surface area contributed by atoms with E-state index in [4.69, 9.17) is 4.74 Å². The molecule has 1 aromatic carbocycles. The van der Waals surface area contributed by atoms with Crippen LogP contribution in [0.2, 0.25) is 0 Å². The highest BCUT2D eigenvalue weighted by Gasteiger charge is 2.40. The smallest absolute Gasteiger partial charge is 0.416 e. The van der Waals surface area contributed by atoms with Gasteiger partial charge in [-0.05, 0) is 18.7 Å². The zero-order valence-corrected chi connectivity index (χ0v) is 16.8. The largest absolute Gasteiger partial charge is 0.479 e. The second-order valence-corrected chi connectivity index (χ2v) is 7.47. The molecule has 31 heavy (non-hydrogen) atoms. The molecule has 164 valence electrons. The van der Waals surface area contributed by atoms with Gasteiger partial charge in [0.1, 0.15) is 5.82 Å². The van der Waals surface area contributed by atoms with Crippen LogP contribution in [0, 0.1) is 0 Å². The molecule has 1 aliphatic rings. The topological polar surface area (TPSA) is 95.2 Å². The van der Waals surface area contributed by atoms with Gasteiger partial charge in [-0.25, -0.2) is 9.78 Å². The Morgan fingerprint density at radius 2 is 2.06 bits per heavy atom.